The summed E-state index contributed by atoms with van der Waals surface area (Å²) in [5.74, 6) is 0.572. The molecule has 1 aliphatic carbocycles. The van der Waals surface area contributed by atoms with Crippen molar-refractivity contribution in [2.75, 3.05) is 6.54 Å². The highest BCUT2D eigenvalue weighted by atomic mass is 127. The van der Waals surface area contributed by atoms with Crippen molar-refractivity contribution in [1.29, 1.82) is 0 Å². The Kier molecular flexibility index (Phi) is 5.72. The molecule has 152 valence electrons. The maximum absolute atomic E-state index is 13.2. The molecular weight excluding hydrogens is 488 g/mol. The molecule has 1 fully saturated rings. The van der Waals surface area contributed by atoms with Crippen molar-refractivity contribution >= 4 is 45.9 Å². The number of nitrogens with zero attached hydrogens (tertiary/aromatic N) is 3. The van der Waals surface area contributed by atoms with Crippen LogP contribution in [0.5, 0.6) is 0 Å². The Balaban J connectivity index is 0.00000225. The van der Waals surface area contributed by atoms with Crippen LogP contribution >= 0.6 is 24.0 Å². The SMILES string of the molecule is Cc1onc2c1c(=O)n(C1CCCC(CN)C1)c1cc(C(F)(F)F)cnc21.I. The third-order valence-corrected chi connectivity index (χ3v) is 5.43. The van der Waals surface area contributed by atoms with Gasteiger partial charge in [0.15, 0.2) is 0 Å². The van der Waals surface area contributed by atoms with Crippen LogP contribution in [0.2, 0.25) is 0 Å². The maximum Gasteiger partial charge on any atom is 0.417 e. The Bertz CT molecular complexity index is 1080. The van der Waals surface area contributed by atoms with E-state index in [-0.39, 0.29) is 63.4 Å². The number of pyridine rings is 2. The van der Waals surface area contributed by atoms with Gasteiger partial charge < -0.3 is 14.8 Å². The Morgan fingerprint density at radius 3 is 2.75 bits per heavy atom. The van der Waals surface area contributed by atoms with E-state index in [1.54, 1.807) is 6.92 Å². The average molecular weight is 508 g/mol. The minimum Gasteiger partial charge on any atom is -0.360 e. The molecule has 0 saturated heterocycles. The van der Waals surface area contributed by atoms with E-state index >= 15 is 0 Å². The number of hydrogen-bond acceptors (Lipinski definition) is 5. The predicted octanol–water partition coefficient (Wildman–Crippen LogP) is 4.17. The summed E-state index contributed by atoms with van der Waals surface area (Å²) >= 11 is 0. The first-order chi connectivity index (χ1) is 12.8. The third kappa shape index (κ3) is 3.40. The zero-order valence-electron chi connectivity index (χ0n) is 15.1. The smallest absolute Gasteiger partial charge is 0.360 e. The molecule has 0 bridgehead atoms. The van der Waals surface area contributed by atoms with Crippen molar-refractivity contribution in [3.8, 4) is 0 Å². The molecule has 0 aliphatic heterocycles. The molecule has 0 aromatic carbocycles. The van der Waals surface area contributed by atoms with E-state index in [0.29, 0.717) is 25.1 Å². The lowest BCUT2D eigenvalue weighted by Gasteiger charge is -2.30. The molecule has 2 N–H and O–H groups in total. The van der Waals surface area contributed by atoms with Crippen LogP contribution in [0.3, 0.4) is 0 Å². The lowest BCUT2D eigenvalue weighted by Crippen LogP contribution is -2.31. The van der Waals surface area contributed by atoms with E-state index in [4.69, 9.17) is 10.3 Å². The number of fused-ring (bicyclic) bond motifs is 3. The average Bonchev–Trinajstić information content (AvgIpc) is 3.03. The molecule has 3 aromatic heterocycles. The number of aryl methyl sites for hydroxylation is 1. The number of alkyl halides is 3. The van der Waals surface area contributed by atoms with Gasteiger partial charge in [0.25, 0.3) is 5.56 Å². The Labute approximate surface area is 175 Å². The van der Waals surface area contributed by atoms with Crippen LogP contribution in [0.25, 0.3) is 21.9 Å². The monoisotopic (exact) mass is 508 g/mol. The third-order valence-electron chi connectivity index (χ3n) is 5.43. The molecule has 10 heteroatoms. The summed E-state index contributed by atoms with van der Waals surface area (Å²) in [6, 6.07) is 0.755. The van der Waals surface area contributed by atoms with E-state index in [1.807, 2.05) is 0 Å². The summed E-state index contributed by atoms with van der Waals surface area (Å²) < 4.78 is 46.3. The van der Waals surface area contributed by atoms with Gasteiger partial charge in [-0.05, 0) is 44.7 Å². The van der Waals surface area contributed by atoms with Crippen molar-refractivity contribution in [3.63, 3.8) is 0 Å². The molecular formula is C18H20F3IN4O2. The zero-order chi connectivity index (χ0) is 19.3. The first-order valence-electron chi connectivity index (χ1n) is 8.88. The van der Waals surface area contributed by atoms with Crippen molar-refractivity contribution in [3.05, 3.63) is 33.9 Å². The van der Waals surface area contributed by atoms with E-state index in [2.05, 4.69) is 10.1 Å². The number of aromatic nitrogens is 3. The number of nitrogens with two attached hydrogens (primary N) is 1. The van der Waals surface area contributed by atoms with Crippen LogP contribution in [-0.2, 0) is 6.18 Å². The molecule has 0 radical (unpaired) electrons. The molecule has 28 heavy (non-hydrogen) atoms. The Morgan fingerprint density at radius 2 is 2.07 bits per heavy atom. The highest BCUT2D eigenvalue weighted by molar-refractivity contribution is 14.0. The molecule has 2 atom stereocenters. The summed E-state index contributed by atoms with van der Waals surface area (Å²) in [5.41, 5.74) is 5.09. The molecule has 2 unspecified atom stereocenters. The summed E-state index contributed by atoms with van der Waals surface area (Å²) in [4.78, 5) is 17.2. The van der Waals surface area contributed by atoms with Crippen LogP contribution in [0.15, 0.2) is 21.6 Å². The topological polar surface area (TPSA) is 86.9 Å². The number of hydrogen-bond donors (Lipinski definition) is 1. The van der Waals surface area contributed by atoms with E-state index < -0.39 is 11.7 Å². The lowest BCUT2D eigenvalue weighted by atomic mass is 9.85. The van der Waals surface area contributed by atoms with Gasteiger partial charge in [-0.2, -0.15) is 13.2 Å². The van der Waals surface area contributed by atoms with Crippen LogP contribution in [0.1, 0.15) is 43.0 Å². The molecule has 6 nitrogen and oxygen atoms in total. The minimum atomic E-state index is -4.55. The quantitative estimate of drug-likeness (QED) is 0.526. The van der Waals surface area contributed by atoms with Crippen molar-refractivity contribution in [1.82, 2.24) is 14.7 Å². The highest BCUT2D eigenvalue weighted by Gasteiger charge is 2.33. The fraction of sp³-hybridized carbons (Fsp3) is 0.500. The van der Waals surface area contributed by atoms with Crippen molar-refractivity contribution in [2.24, 2.45) is 11.7 Å². The number of halogens is 4. The fourth-order valence-corrected chi connectivity index (χ4v) is 4.06. The summed E-state index contributed by atoms with van der Waals surface area (Å²) in [5, 5.41) is 4.13. The lowest BCUT2D eigenvalue weighted by molar-refractivity contribution is -0.137. The Hall–Kier alpha value is -1.69. The van der Waals surface area contributed by atoms with E-state index in [9.17, 15) is 18.0 Å². The second kappa shape index (κ2) is 7.62. The number of rotatable bonds is 2. The van der Waals surface area contributed by atoms with Crippen LogP contribution in [0, 0.1) is 12.8 Å². The zero-order valence-corrected chi connectivity index (χ0v) is 17.5. The highest BCUT2D eigenvalue weighted by Crippen LogP contribution is 2.36. The maximum atomic E-state index is 13.2. The van der Waals surface area contributed by atoms with Gasteiger partial charge in [-0.1, -0.05) is 11.6 Å². The molecule has 4 rings (SSSR count). The standard InChI is InChI=1S/C18H19F3N4O2.HI/c1-9-14-16(24-27-9)15-13(6-11(8-23-15)18(19,20)21)25(17(14)26)12-4-2-3-10(5-12)7-22;/h6,8,10,12H,2-5,7,22H2,1H3;1H. The molecule has 3 aromatic rings. The normalized spacial score (nSPS) is 20.5. The van der Waals surface area contributed by atoms with Gasteiger partial charge >= 0.3 is 6.18 Å². The minimum absolute atomic E-state index is 0. The van der Waals surface area contributed by atoms with Gasteiger partial charge in [-0.25, -0.2) is 0 Å². The largest absolute Gasteiger partial charge is 0.417 e. The molecule has 0 amide bonds. The molecule has 0 spiro atoms. The predicted molar refractivity (Wildman–Crippen MR) is 109 cm³/mol. The van der Waals surface area contributed by atoms with Crippen molar-refractivity contribution in [2.45, 2.75) is 44.8 Å². The molecule has 1 saturated carbocycles. The van der Waals surface area contributed by atoms with Gasteiger partial charge in [0, 0.05) is 12.2 Å². The molecule has 3 heterocycles. The summed E-state index contributed by atoms with van der Waals surface area (Å²) in [6.45, 7) is 2.10. The van der Waals surface area contributed by atoms with E-state index in [1.165, 1.54) is 4.57 Å². The van der Waals surface area contributed by atoms with Gasteiger partial charge in [0.05, 0.1) is 11.1 Å². The van der Waals surface area contributed by atoms with Gasteiger partial charge in [-0.15, -0.1) is 24.0 Å². The first-order valence-corrected chi connectivity index (χ1v) is 8.88. The fourth-order valence-electron chi connectivity index (χ4n) is 4.06. The second-order valence-electron chi connectivity index (χ2n) is 7.15. The van der Waals surface area contributed by atoms with Crippen molar-refractivity contribution < 1.29 is 17.7 Å². The van der Waals surface area contributed by atoms with Crippen LogP contribution in [-0.4, -0.2) is 21.3 Å². The van der Waals surface area contributed by atoms with Gasteiger partial charge in [0.2, 0.25) is 0 Å². The van der Waals surface area contributed by atoms with Crippen LogP contribution < -0.4 is 11.3 Å². The second-order valence-corrected chi connectivity index (χ2v) is 7.15. The summed E-state index contributed by atoms with van der Waals surface area (Å²) in [7, 11) is 0. The molecule has 1 aliphatic rings. The summed E-state index contributed by atoms with van der Waals surface area (Å²) in [6.07, 6.45) is -0.601. The van der Waals surface area contributed by atoms with E-state index in [0.717, 1.165) is 25.1 Å². The first kappa shape index (κ1) is 21.0. The van der Waals surface area contributed by atoms with Gasteiger partial charge in [0.1, 0.15) is 22.2 Å². The van der Waals surface area contributed by atoms with Gasteiger partial charge in [-0.3, -0.25) is 9.78 Å². The Morgan fingerprint density at radius 1 is 1.32 bits per heavy atom. The van der Waals surface area contributed by atoms with Crippen LogP contribution in [0.4, 0.5) is 13.2 Å².